The van der Waals surface area contributed by atoms with Crippen molar-refractivity contribution in [3.05, 3.63) is 182 Å². The summed E-state index contributed by atoms with van der Waals surface area (Å²) in [4.78, 5) is 13.9. The van der Waals surface area contributed by atoms with Gasteiger partial charge >= 0.3 is 0 Å². The zero-order valence-electron chi connectivity index (χ0n) is 28.7. The summed E-state index contributed by atoms with van der Waals surface area (Å²) in [5.41, 5.74) is 10.8. The van der Waals surface area contributed by atoms with Gasteiger partial charge in [0.25, 0.3) is 0 Å². The summed E-state index contributed by atoms with van der Waals surface area (Å²) >= 11 is 0. The summed E-state index contributed by atoms with van der Waals surface area (Å²) in [6.07, 6.45) is 0. The molecule has 2 aromatic heterocycles. The Morgan fingerprint density at radius 3 is 1.62 bits per heavy atom. The van der Waals surface area contributed by atoms with Gasteiger partial charge in [-0.15, -0.1) is 0 Å². The fraction of sp³-hybridized carbons (Fsp3) is 0. The van der Waals surface area contributed by atoms with Crippen molar-refractivity contribution in [2.75, 3.05) is 0 Å². The molecule has 3 heteroatoms. The molecule has 11 rings (SSSR count). The monoisotopic (exact) mass is 673 g/mol. The molecule has 246 valence electrons. The lowest BCUT2D eigenvalue weighted by Crippen LogP contribution is -1.95. The maximum atomic E-state index is 5.23. The van der Waals surface area contributed by atoms with E-state index in [-0.39, 0.29) is 0 Å². The fourth-order valence-electron chi connectivity index (χ4n) is 8.29. The van der Waals surface area contributed by atoms with E-state index in [1.165, 1.54) is 59.8 Å². The third-order valence-corrected chi connectivity index (χ3v) is 10.8. The van der Waals surface area contributed by atoms with Crippen LogP contribution >= 0.6 is 0 Å². The highest BCUT2D eigenvalue weighted by molar-refractivity contribution is 6.25. The van der Waals surface area contributed by atoms with Gasteiger partial charge in [-0.2, -0.15) is 0 Å². The van der Waals surface area contributed by atoms with Gasteiger partial charge in [-0.1, -0.05) is 152 Å². The topological polar surface area (TPSA) is 41.6 Å². The van der Waals surface area contributed by atoms with Crippen LogP contribution in [0.2, 0.25) is 0 Å². The number of rotatable bonds is 4. The average Bonchev–Trinajstić information content (AvgIpc) is 3.62. The number of nitrogens with one attached hydrogen (secondary N) is 1. The van der Waals surface area contributed by atoms with Crippen LogP contribution in [0, 0.1) is 0 Å². The Morgan fingerprint density at radius 1 is 0.321 bits per heavy atom. The first-order valence-corrected chi connectivity index (χ1v) is 18.1. The Morgan fingerprint density at radius 2 is 0.887 bits per heavy atom. The van der Waals surface area contributed by atoms with Crippen LogP contribution in [-0.4, -0.2) is 15.0 Å². The van der Waals surface area contributed by atoms with Gasteiger partial charge in [0.1, 0.15) is 0 Å². The van der Waals surface area contributed by atoms with Crippen molar-refractivity contribution in [1.82, 2.24) is 15.0 Å². The predicted octanol–water partition coefficient (Wildman–Crippen LogP) is 13.4. The predicted molar refractivity (Wildman–Crippen MR) is 223 cm³/mol. The molecule has 0 atom stereocenters. The van der Waals surface area contributed by atoms with E-state index in [0.29, 0.717) is 0 Å². The lowest BCUT2D eigenvalue weighted by atomic mass is 9.91. The summed E-state index contributed by atoms with van der Waals surface area (Å²) in [5, 5.41) is 11.2. The number of fused-ring (bicyclic) bond motifs is 10. The Kier molecular flexibility index (Phi) is 6.55. The van der Waals surface area contributed by atoms with Crippen molar-refractivity contribution in [3.63, 3.8) is 0 Å². The zero-order valence-corrected chi connectivity index (χ0v) is 28.7. The van der Waals surface area contributed by atoms with Crippen molar-refractivity contribution < 1.29 is 0 Å². The lowest BCUT2D eigenvalue weighted by Gasteiger charge is -2.14. The number of hydrogen-bond acceptors (Lipinski definition) is 2. The van der Waals surface area contributed by atoms with E-state index in [1.807, 2.05) is 24.3 Å². The average molecular weight is 674 g/mol. The first kappa shape index (κ1) is 29.6. The minimum Gasteiger partial charge on any atom is -0.354 e. The Bertz CT molecular complexity index is 3180. The van der Waals surface area contributed by atoms with Crippen molar-refractivity contribution in [2.24, 2.45) is 0 Å². The van der Waals surface area contributed by atoms with E-state index in [2.05, 4.69) is 163 Å². The largest absolute Gasteiger partial charge is 0.354 e. The molecule has 0 bridgehead atoms. The summed E-state index contributed by atoms with van der Waals surface area (Å²) in [7, 11) is 0. The second-order valence-electron chi connectivity index (χ2n) is 13.8. The van der Waals surface area contributed by atoms with Crippen molar-refractivity contribution in [3.8, 4) is 44.9 Å². The molecule has 0 spiro atoms. The number of aromatic nitrogens is 3. The first-order valence-electron chi connectivity index (χ1n) is 18.1. The molecule has 11 aromatic rings. The Hall–Kier alpha value is -7.10. The molecule has 0 saturated carbocycles. The number of benzene rings is 9. The maximum Gasteiger partial charge on any atom is 0.160 e. The summed E-state index contributed by atoms with van der Waals surface area (Å²) in [6.45, 7) is 0. The van der Waals surface area contributed by atoms with Gasteiger partial charge in [0.05, 0.1) is 11.2 Å². The SMILES string of the molecule is c1ccc(-c2nc(-c3cc(-c4ccc(-c5ccc6c7ccccc7c7ccccc7c6c5)cc4)c4c(c3)[nH]c3ccccc34)c3ccccc3n2)cc1. The van der Waals surface area contributed by atoms with Crippen LogP contribution in [0.15, 0.2) is 182 Å². The van der Waals surface area contributed by atoms with Gasteiger partial charge in [0.15, 0.2) is 5.82 Å². The molecular weight excluding hydrogens is 643 g/mol. The molecule has 0 radical (unpaired) electrons. The summed E-state index contributed by atoms with van der Waals surface area (Å²) < 4.78 is 0. The number of H-pyrrole nitrogens is 1. The maximum absolute atomic E-state index is 5.23. The highest BCUT2D eigenvalue weighted by atomic mass is 14.9. The van der Waals surface area contributed by atoms with Crippen LogP contribution in [0.3, 0.4) is 0 Å². The van der Waals surface area contributed by atoms with E-state index in [0.717, 1.165) is 50.1 Å². The standard InChI is InChI=1S/C50H31N3/c1-2-12-33(13-3-1)50-52-46-21-11-9-19-42(46)49(53-50)35-29-43(48-41-18-8-10-20-45(41)51-47(48)30-35)32-24-22-31(23-25-32)34-26-27-40-38-16-5-4-14-36(38)37-15-6-7-17-39(37)44(40)28-34/h1-30,51H. The van der Waals surface area contributed by atoms with E-state index in [9.17, 15) is 0 Å². The Labute approximate surface area is 305 Å². The molecule has 3 nitrogen and oxygen atoms in total. The van der Waals surface area contributed by atoms with Crippen molar-refractivity contribution in [2.45, 2.75) is 0 Å². The molecule has 53 heavy (non-hydrogen) atoms. The van der Waals surface area contributed by atoms with Crippen LogP contribution in [0.4, 0.5) is 0 Å². The van der Waals surface area contributed by atoms with Gasteiger partial charge < -0.3 is 4.98 Å². The summed E-state index contributed by atoms with van der Waals surface area (Å²) in [5.74, 6) is 0.720. The van der Waals surface area contributed by atoms with Crippen LogP contribution in [-0.2, 0) is 0 Å². The second kappa shape index (κ2) is 11.7. The third-order valence-electron chi connectivity index (χ3n) is 10.8. The van der Waals surface area contributed by atoms with Crippen LogP contribution in [0.5, 0.6) is 0 Å². The molecule has 0 aliphatic heterocycles. The molecule has 0 saturated heterocycles. The van der Waals surface area contributed by atoms with Gasteiger partial charge in [0, 0.05) is 38.3 Å². The smallest absolute Gasteiger partial charge is 0.160 e. The number of hydrogen-bond donors (Lipinski definition) is 1. The van der Waals surface area contributed by atoms with E-state index in [4.69, 9.17) is 9.97 Å². The van der Waals surface area contributed by atoms with E-state index in [1.54, 1.807) is 0 Å². The fourth-order valence-corrected chi connectivity index (χ4v) is 8.29. The van der Waals surface area contributed by atoms with Gasteiger partial charge in [-0.3, -0.25) is 0 Å². The van der Waals surface area contributed by atoms with Crippen LogP contribution < -0.4 is 0 Å². The molecule has 0 aliphatic rings. The number of nitrogens with zero attached hydrogens (tertiary/aromatic N) is 2. The minimum atomic E-state index is 0.720. The van der Waals surface area contributed by atoms with Gasteiger partial charge in [0.2, 0.25) is 0 Å². The first-order chi connectivity index (χ1) is 26.3. The van der Waals surface area contributed by atoms with Crippen molar-refractivity contribution >= 4 is 65.0 Å². The molecular formula is C50H31N3. The quantitative estimate of drug-likeness (QED) is 0.189. The minimum absolute atomic E-state index is 0.720. The normalized spacial score (nSPS) is 11.8. The molecule has 9 aromatic carbocycles. The van der Waals surface area contributed by atoms with Crippen LogP contribution in [0.1, 0.15) is 0 Å². The molecule has 0 amide bonds. The van der Waals surface area contributed by atoms with E-state index >= 15 is 0 Å². The number of aromatic amines is 1. The molecule has 0 fully saturated rings. The molecule has 1 N–H and O–H groups in total. The molecule has 0 unspecified atom stereocenters. The second-order valence-corrected chi connectivity index (χ2v) is 13.8. The molecule has 2 heterocycles. The van der Waals surface area contributed by atoms with Gasteiger partial charge in [-0.25, -0.2) is 9.97 Å². The van der Waals surface area contributed by atoms with Crippen LogP contribution in [0.25, 0.3) is 110 Å². The zero-order chi connectivity index (χ0) is 34.9. The molecule has 0 aliphatic carbocycles. The van der Waals surface area contributed by atoms with E-state index < -0.39 is 0 Å². The Balaban J connectivity index is 1.09. The number of para-hydroxylation sites is 2. The van der Waals surface area contributed by atoms with Gasteiger partial charge in [-0.05, 0) is 84.9 Å². The van der Waals surface area contributed by atoms with Crippen molar-refractivity contribution in [1.29, 1.82) is 0 Å². The lowest BCUT2D eigenvalue weighted by molar-refractivity contribution is 1.23. The highest BCUT2D eigenvalue weighted by Gasteiger charge is 2.18. The highest BCUT2D eigenvalue weighted by Crippen LogP contribution is 2.41. The summed E-state index contributed by atoms with van der Waals surface area (Å²) in [6, 6.07) is 65.2. The third kappa shape index (κ3) is 4.75.